The Morgan fingerprint density at radius 1 is 0.933 bits per heavy atom. The van der Waals surface area contributed by atoms with E-state index in [1.165, 1.54) is 6.07 Å². The summed E-state index contributed by atoms with van der Waals surface area (Å²) < 4.78 is 22.2. The molecule has 1 N–H and O–H groups in total. The number of hydrogen-bond donors (Lipinski definition) is 1. The maximum absolute atomic E-state index is 12.7. The second-order valence-corrected chi connectivity index (χ2v) is 7.55. The molecule has 7 heteroatoms. The molecule has 152 valence electrons. The quantitative estimate of drug-likeness (QED) is 0.529. The first-order valence-electron chi connectivity index (χ1n) is 9.53. The first-order valence-corrected chi connectivity index (χ1v) is 9.53. The maximum Gasteiger partial charge on any atom is 0.347 e. The molecule has 0 saturated heterocycles. The fourth-order valence-electron chi connectivity index (χ4n) is 4.00. The summed E-state index contributed by atoms with van der Waals surface area (Å²) in [4.78, 5) is 25.4. The number of hydrogen-bond acceptors (Lipinski definition) is 7. The molecular formula is C23H18O7. The van der Waals surface area contributed by atoms with Crippen LogP contribution >= 0.6 is 0 Å². The van der Waals surface area contributed by atoms with E-state index in [9.17, 15) is 14.7 Å². The third-order valence-corrected chi connectivity index (χ3v) is 5.19. The number of benzene rings is 1. The average molecular weight is 406 g/mol. The van der Waals surface area contributed by atoms with Gasteiger partial charge < -0.3 is 23.1 Å². The molecule has 4 heterocycles. The molecule has 3 aromatic heterocycles. The third kappa shape index (κ3) is 2.74. The highest BCUT2D eigenvalue weighted by atomic mass is 16.5. The lowest BCUT2D eigenvalue weighted by Gasteiger charge is -2.07. The zero-order chi connectivity index (χ0) is 21.2. The summed E-state index contributed by atoms with van der Waals surface area (Å²) >= 11 is 0. The Hall–Kier alpha value is -3.74. The van der Waals surface area contributed by atoms with E-state index in [0.717, 1.165) is 17.7 Å². The second-order valence-electron chi connectivity index (χ2n) is 7.55. The monoisotopic (exact) mass is 406 g/mol. The van der Waals surface area contributed by atoms with E-state index in [1.807, 2.05) is 19.1 Å². The average Bonchev–Trinajstić information content (AvgIpc) is 3.20. The van der Waals surface area contributed by atoms with Gasteiger partial charge >= 0.3 is 11.3 Å². The van der Waals surface area contributed by atoms with E-state index >= 15 is 0 Å². The minimum Gasteiger partial charge on any atom is -0.507 e. The normalized spacial score (nSPS) is 15.4. The topological polar surface area (TPSA) is 103 Å². The highest BCUT2D eigenvalue weighted by Crippen LogP contribution is 2.43. The molecule has 4 aromatic rings. The van der Waals surface area contributed by atoms with E-state index in [4.69, 9.17) is 18.0 Å². The molecule has 0 aliphatic carbocycles. The number of aryl methyl sites for hydroxylation is 2. The van der Waals surface area contributed by atoms with Crippen molar-refractivity contribution in [3.05, 3.63) is 68.3 Å². The van der Waals surface area contributed by atoms with Crippen LogP contribution in [0.2, 0.25) is 0 Å². The van der Waals surface area contributed by atoms with Crippen molar-refractivity contribution in [1.29, 1.82) is 0 Å². The van der Waals surface area contributed by atoms with Gasteiger partial charge in [-0.1, -0.05) is 0 Å². The van der Waals surface area contributed by atoms with Crippen LogP contribution in [0.1, 0.15) is 24.0 Å². The van der Waals surface area contributed by atoms with E-state index in [0.29, 0.717) is 11.3 Å². The van der Waals surface area contributed by atoms with Crippen molar-refractivity contribution >= 4 is 11.0 Å². The first-order chi connectivity index (χ1) is 14.3. The van der Waals surface area contributed by atoms with E-state index in [2.05, 4.69) is 0 Å². The second kappa shape index (κ2) is 6.38. The van der Waals surface area contributed by atoms with Crippen LogP contribution in [0.15, 0.2) is 53.2 Å². The van der Waals surface area contributed by atoms with Crippen molar-refractivity contribution in [3.63, 3.8) is 0 Å². The molecule has 0 spiro atoms. The smallest absolute Gasteiger partial charge is 0.347 e. The van der Waals surface area contributed by atoms with Crippen LogP contribution < -0.4 is 16.0 Å². The zero-order valence-corrected chi connectivity index (χ0v) is 16.6. The molecule has 0 amide bonds. The van der Waals surface area contributed by atoms with Crippen LogP contribution in [-0.2, 0) is 6.42 Å². The van der Waals surface area contributed by atoms with Crippen LogP contribution in [0.25, 0.3) is 33.4 Å². The Bertz CT molecular complexity index is 1430. The van der Waals surface area contributed by atoms with Gasteiger partial charge in [0.15, 0.2) is 0 Å². The van der Waals surface area contributed by atoms with Crippen molar-refractivity contribution in [2.75, 3.05) is 0 Å². The summed E-state index contributed by atoms with van der Waals surface area (Å²) in [6.07, 6.45) is 0.797. The van der Waals surface area contributed by atoms with Crippen molar-refractivity contribution in [2.45, 2.75) is 33.3 Å². The van der Waals surface area contributed by atoms with Gasteiger partial charge in [-0.25, -0.2) is 9.59 Å². The fourth-order valence-corrected chi connectivity index (χ4v) is 4.00. The van der Waals surface area contributed by atoms with Gasteiger partial charge in [-0.15, -0.1) is 0 Å². The maximum atomic E-state index is 12.7. The number of fused-ring (bicyclic) bond motifs is 2. The molecule has 0 fully saturated rings. The lowest BCUT2D eigenvalue weighted by Crippen LogP contribution is -2.07. The number of ether oxygens (including phenoxy) is 1. The summed E-state index contributed by atoms with van der Waals surface area (Å²) in [7, 11) is 0. The van der Waals surface area contributed by atoms with Gasteiger partial charge in [-0.05, 0) is 44.5 Å². The van der Waals surface area contributed by atoms with E-state index < -0.39 is 11.3 Å². The highest BCUT2D eigenvalue weighted by molar-refractivity contribution is 6.02. The van der Waals surface area contributed by atoms with Crippen molar-refractivity contribution < 1.29 is 23.1 Å². The van der Waals surface area contributed by atoms with Crippen molar-refractivity contribution in [1.82, 2.24) is 0 Å². The Balaban J connectivity index is 1.88. The van der Waals surface area contributed by atoms with Crippen LogP contribution in [0, 0.1) is 13.8 Å². The largest absolute Gasteiger partial charge is 0.507 e. The zero-order valence-electron chi connectivity index (χ0n) is 16.6. The molecule has 30 heavy (non-hydrogen) atoms. The molecule has 1 aliphatic heterocycles. The Kier molecular flexibility index (Phi) is 3.89. The molecule has 0 bridgehead atoms. The lowest BCUT2D eigenvalue weighted by molar-refractivity contribution is 0.254. The van der Waals surface area contributed by atoms with Gasteiger partial charge in [0.2, 0.25) is 0 Å². The van der Waals surface area contributed by atoms with Gasteiger partial charge in [-0.3, -0.25) is 0 Å². The molecule has 1 aromatic carbocycles. The van der Waals surface area contributed by atoms with Crippen LogP contribution in [0.5, 0.6) is 11.5 Å². The van der Waals surface area contributed by atoms with Gasteiger partial charge in [0.05, 0.1) is 5.56 Å². The minimum atomic E-state index is -0.769. The Morgan fingerprint density at radius 3 is 2.43 bits per heavy atom. The number of rotatable bonds is 2. The Labute approximate surface area is 170 Å². The Morgan fingerprint density at radius 2 is 1.67 bits per heavy atom. The summed E-state index contributed by atoms with van der Waals surface area (Å²) in [5.74, 6) is 1.39. The molecule has 0 saturated carbocycles. The standard InChI is InChI=1S/C23H18O7/c1-10-6-14-9-13(4-5-16(14)27-10)21-20(18-15(24)7-11(2)28-22(18)25)19-17(30-21)8-12(3)29-23(19)26/h4-5,7-10,24H,6H2,1-3H3/t10-/m0/s1. The molecule has 1 aliphatic rings. The molecular weight excluding hydrogens is 388 g/mol. The predicted octanol–water partition coefficient (Wildman–Crippen LogP) is 4.32. The van der Waals surface area contributed by atoms with Crippen LogP contribution in [-0.4, -0.2) is 11.2 Å². The SMILES string of the molecule is Cc1cc(O)c(-c2c(-c3ccc4c(c3)C[C@H](C)O4)oc3cc(C)oc(=O)c23)c(=O)o1. The van der Waals surface area contributed by atoms with E-state index in [1.54, 1.807) is 26.0 Å². The van der Waals surface area contributed by atoms with Gasteiger partial charge in [0.25, 0.3) is 0 Å². The highest BCUT2D eigenvalue weighted by Gasteiger charge is 2.28. The van der Waals surface area contributed by atoms with Crippen LogP contribution in [0.4, 0.5) is 0 Å². The van der Waals surface area contributed by atoms with Gasteiger partial charge in [0.1, 0.15) is 51.4 Å². The molecule has 0 unspecified atom stereocenters. The number of aromatic hydroxyl groups is 1. The summed E-state index contributed by atoms with van der Waals surface area (Å²) in [6, 6.07) is 8.43. The summed E-state index contributed by atoms with van der Waals surface area (Å²) in [6.45, 7) is 5.17. The fraction of sp³-hybridized carbons (Fsp3) is 0.217. The first kappa shape index (κ1) is 18.3. The van der Waals surface area contributed by atoms with Gasteiger partial charge in [0, 0.05) is 24.1 Å². The van der Waals surface area contributed by atoms with Crippen molar-refractivity contribution in [3.8, 4) is 33.9 Å². The molecule has 0 radical (unpaired) electrons. The molecule has 1 atom stereocenters. The minimum absolute atomic E-state index is 0.0632. The third-order valence-electron chi connectivity index (χ3n) is 5.19. The predicted molar refractivity (Wildman–Crippen MR) is 109 cm³/mol. The summed E-state index contributed by atoms with van der Waals surface area (Å²) in [5, 5.41) is 10.6. The van der Waals surface area contributed by atoms with Gasteiger partial charge in [-0.2, -0.15) is 0 Å². The van der Waals surface area contributed by atoms with Crippen LogP contribution in [0.3, 0.4) is 0 Å². The lowest BCUT2D eigenvalue weighted by atomic mass is 9.98. The van der Waals surface area contributed by atoms with E-state index in [-0.39, 0.29) is 45.5 Å². The summed E-state index contributed by atoms with van der Waals surface area (Å²) in [5.41, 5.74) is 0.483. The number of furan rings is 1. The molecule has 7 nitrogen and oxygen atoms in total. The van der Waals surface area contributed by atoms with Crippen molar-refractivity contribution in [2.24, 2.45) is 0 Å². The molecule has 5 rings (SSSR count).